The van der Waals surface area contributed by atoms with E-state index in [2.05, 4.69) is 5.32 Å². The van der Waals surface area contributed by atoms with E-state index < -0.39 is 11.8 Å². The van der Waals surface area contributed by atoms with Crippen molar-refractivity contribution in [3.63, 3.8) is 0 Å². The monoisotopic (exact) mass is 434 g/mol. The molecule has 156 valence electrons. The molecule has 0 saturated carbocycles. The van der Waals surface area contributed by atoms with Crippen molar-refractivity contribution in [2.24, 2.45) is 0 Å². The average molecular weight is 435 g/mol. The fraction of sp³-hybridized carbons (Fsp3) is 0.0833. The number of rotatable bonds is 6. The van der Waals surface area contributed by atoms with E-state index in [9.17, 15) is 9.59 Å². The van der Waals surface area contributed by atoms with Gasteiger partial charge in [-0.05, 0) is 35.9 Å². The number of ether oxygens (including phenoxy) is 2. The summed E-state index contributed by atoms with van der Waals surface area (Å²) in [6.45, 7) is 0. The Morgan fingerprint density at radius 2 is 1.61 bits per heavy atom. The van der Waals surface area contributed by atoms with E-state index in [-0.39, 0.29) is 11.3 Å². The van der Waals surface area contributed by atoms with Gasteiger partial charge in [0.05, 0.1) is 31.2 Å². The van der Waals surface area contributed by atoms with E-state index in [0.717, 1.165) is 4.90 Å². The van der Waals surface area contributed by atoms with Gasteiger partial charge in [0, 0.05) is 11.1 Å². The highest BCUT2D eigenvalue weighted by Crippen LogP contribution is 2.37. The quantitative estimate of drug-likeness (QED) is 0.567. The molecule has 3 aromatic rings. The lowest BCUT2D eigenvalue weighted by atomic mass is 10.0. The highest BCUT2D eigenvalue weighted by atomic mass is 35.5. The van der Waals surface area contributed by atoms with Gasteiger partial charge in [-0.2, -0.15) is 0 Å². The minimum Gasteiger partial charge on any atom is -0.497 e. The number of methoxy groups -OCH3 is 2. The Labute approximate surface area is 184 Å². The third kappa shape index (κ3) is 3.85. The van der Waals surface area contributed by atoms with Crippen LogP contribution in [-0.4, -0.2) is 26.0 Å². The van der Waals surface area contributed by atoms with Crippen molar-refractivity contribution in [2.45, 2.75) is 0 Å². The standard InChI is InChI=1S/C24H19ClN2O4/c1-30-18-10-6-9-17(14-18)27-23(28)21(15-7-4-3-5-8-15)22(24(27)29)26-19-13-16(25)11-12-20(19)31-2/h3-14,26H,1-2H3. The van der Waals surface area contributed by atoms with Gasteiger partial charge in [0.2, 0.25) is 0 Å². The van der Waals surface area contributed by atoms with E-state index >= 15 is 0 Å². The number of halogens is 1. The largest absolute Gasteiger partial charge is 0.497 e. The molecule has 6 nitrogen and oxygen atoms in total. The van der Waals surface area contributed by atoms with Gasteiger partial charge in [0.1, 0.15) is 17.2 Å². The zero-order valence-corrected chi connectivity index (χ0v) is 17.6. The fourth-order valence-electron chi connectivity index (χ4n) is 3.41. The summed E-state index contributed by atoms with van der Waals surface area (Å²) in [5, 5.41) is 3.55. The van der Waals surface area contributed by atoms with E-state index in [1.54, 1.807) is 54.6 Å². The van der Waals surface area contributed by atoms with Crippen molar-refractivity contribution in [1.29, 1.82) is 0 Å². The van der Waals surface area contributed by atoms with Crippen LogP contribution in [0.2, 0.25) is 5.02 Å². The number of anilines is 2. The molecule has 7 heteroatoms. The highest BCUT2D eigenvalue weighted by molar-refractivity contribution is 6.46. The topological polar surface area (TPSA) is 67.9 Å². The van der Waals surface area contributed by atoms with Gasteiger partial charge in [-0.3, -0.25) is 9.59 Å². The maximum atomic E-state index is 13.5. The van der Waals surface area contributed by atoms with E-state index in [1.165, 1.54) is 14.2 Å². The third-order valence-corrected chi connectivity index (χ3v) is 5.11. The Balaban J connectivity index is 1.84. The number of hydrogen-bond donors (Lipinski definition) is 1. The second-order valence-corrected chi connectivity index (χ2v) is 7.17. The minimum atomic E-state index is -0.487. The van der Waals surface area contributed by atoms with Gasteiger partial charge in [0.15, 0.2) is 0 Å². The molecule has 0 saturated heterocycles. The number of carbonyl (C=O) groups is 2. The first-order valence-corrected chi connectivity index (χ1v) is 9.84. The Hall–Kier alpha value is -3.77. The SMILES string of the molecule is COc1cccc(N2C(=O)C(Nc3cc(Cl)ccc3OC)=C(c3ccccc3)C2=O)c1. The number of imide groups is 1. The molecule has 1 aliphatic rings. The molecule has 1 aliphatic heterocycles. The van der Waals surface area contributed by atoms with Crippen molar-refractivity contribution in [3.05, 3.63) is 89.1 Å². The zero-order chi connectivity index (χ0) is 22.0. The van der Waals surface area contributed by atoms with Crippen LogP contribution in [0.5, 0.6) is 11.5 Å². The van der Waals surface area contributed by atoms with Crippen LogP contribution in [0.3, 0.4) is 0 Å². The number of hydrogen-bond acceptors (Lipinski definition) is 5. The second kappa shape index (κ2) is 8.53. The maximum Gasteiger partial charge on any atom is 0.282 e. The molecule has 0 spiro atoms. The van der Waals surface area contributed by atoms with Gasteiger partial charge < -0.3 is 14.8 Å². The highest BCUT2D eigenvalue weighted by Gasteiger charge is 2.40. The summed E-state index contributed by atoms with van der Waals surface area (Å²) in [7, 11) is 3.05. The molecule has 0 bridgehead atoms. The van der Waals surface area contributed by atoms with Crippen molar-refractivity contribution < 1.29 is 19.1 Å². The summed E-state index contributed by atoms with van der Waals surface area (Å²) in [5.41, 5.74) is 1.91. The minimum absolute atomic E-state index is 0.139. The van der Waals surface area contributed by atoms with Crippen molar-refractivity contribution in [1.82, 2.24) is 0 Å². The lowest BCUT2D eigenvalue weighted by Crippen LogP contribution is -2.32. The second-order valence-electron chi connectivity index (χ2n) is 6.73. The summed E-state index contributed by atoms with van der Waals surface area (Å²) in [6, 6.07) is 20.8. The van der Waals surface area contributed by atoms with Gasteiger partial charge in [-0.15, -0.1) is 0 Å². The van der Waals surface area contributed by atoms with Crippen LogP contribution >= 0.6 is 11.6 Å². The summed E-state index contributed by atoms with van der Waals surface area (Å²) >= 11 is 6.15. The van der Waals surface area contributed by atoms with Crippen molar-refractivity contribution >= 4 is 40.4 Å². The van der Waals surface area contributed by atoms with Crippen molar-refractivity contribution in [2.75, 3.05) is 24.4 Å². The van der Waals surface area contributed by atoms with Gasteiger partial charge in [-0.1, -0.05) is 48.0 Å². The van der Waals surface area contributed by atoms with Gasteiger partial charge in [-0.25, -0.2) is 4.90 Å². The molecule has 0 aliphatic carbocycles. The van der Waals surface area contributed by atoms with Gasteiger partial charge >= 0.3 is 0 Å². The molecule has 0 aromatic heterocycles. The number of nitrogens with one attached hydrogen (secondary N) is 1. The lowest BCUT2D eigenvalue weighted by molar-refractivity contribution is -0.120. The van der Waals surface area contributed by atoms with Crippen LogP contribution in [0.1, 0.15) is 5.56 Å². The molecule has 1 heterocycles. The Morgan fingerprint density at radius 3 is 2.32 bits per heavy atom. The van der Waals surface area contributed by atoms with Crippen LogP contribution < -0.4 is 19.7 Å². The first kappa shape index (κ1) is 20.5. The number of amides is 2. The van der Waals surface area contributed by atoms with E-state index in [0.29, 0.717) is 33.5 Å². The third-order valence-electron chi connectivity index (χ3n) is 4.88. The fourth-order valence-corrected chi connectivity index (χ4v) is 3.59. The maximum absolute atomic E-state index is 13.5. The predicted octanol–water partition coefficient (Wildman–Crippen LogP) is 4.75. The van der Waals surface area contributed by atoms with Crippen LogP contribution in [0.4, 0.5) is 11.4 Å². The molecule has 2 amide bonds. The molecular formula is C24H19ClN2O4. The summed E-state index contributed by atoms with van der Waals surface area (Å²) in [4.78, 5) is 28.0. The molecule has 1 N–H and O–H groups in total. The molecule has 31 heavy (non-hydrogen) atoms. The zero-order valence-electron chi connectivity index (χ0n) is 16.9. The van der Waals surface area contributed by atoms with Crippen LogP contribution in [-0.2, 0) is 9.59 Å². The Bertz CT molecular complexity index is 1190. The first-order valence-electron chi connectivity index (χ1n) is 9.46. The average Bonchev–Trinajstić information content (AvgIpc) is 3.04. The van der Waals surface area contributed by atoms with Crippen LogP contribution in [0.15, 0.2) is 78.5 Å². The van der Waals surface area contributed by atoms with Crippen molar-refractivity contribution in [3.8, 4) is 11.5 Å². The molecule has 0 radical (unpaired) electrons. The molecule has 0 fully saturated rings. The smallest absolute Gasteiger partial charge is 0.282 e. The molecule has 0 unspecified atom stereocenters. The van der Waals surface area contributed by atoms with Crippen LogP contribution in [0.25, 0.3) is 5.57 Å². The number of carbonyl (C=O) groups excluding carboxylic acids is 2. The Kier molecular flexibility index (Phi) is 5.64. The normalized spacial score (nSPS) is 13.6. The van der Waals surface area contributed by atoms with Gasteiger partial charge in [0.25, 0.3) is 11.8 Å². The Morgan fingerprint density at radius 1 is 0.839 bits per heavy atom. The summed E-state index contributed by atoms with van der Waals surface area (Å²) < 4.78 is 10.6. The molecule has 4 rings (SSSR count). The summed E-state index contributed by atoms with van der Waals surface area (Å²) in [6.07, 6.45) is 0. The van der Waals surface area contributed by atoms with E-state index in [1.807, 2.05) is 18.2 Å². The van der Waals surface area contributed by atoms with E-state index in [4.69, 9.17) is 21.1 Å². The molecule has 3 aromatic carbocycles. The number of benzene rings is 3. The lowest BCUT2D eigenvalue weighted by Gasteiger charge is -2.16. The first-order chi connectivity index (χ1) is 15.0. The summed E-state index contributed by atoms with van der Waals surface area (Å²) in [5.74, 6) is 0.105. The number of nitrogens with zero attached hydrogens (tertiary/aromatic N) is 1. The molecular weight excluding hydrogens is 416 g/mol. The predicted molar refractivity (Wildman–Crippen MR) is 120 cm³/mol. The molecule has 0 atom stereocenters. The van der Waals surface area contributed by atoms with Crippen LogP contribution in [0, 0.1) is 0 Å².